The molecule has 1 saturated carbocycles. The lowest BCUT2D eigenvalue weighted by atomic mass is 9.68. The molecular weight excluding hydrogens is 228 g/mol. The molecule has 2 fully saturated rings. The van der Waals surface area contributed by atoms with Gasteiger partial charge in [-0.25, -0.2) is 0 Å². The molecular formula is C14H28N2S. The average Bonchev–Trinajstić information content (AvgIpc) is 2.85. The predicted molar refractivity (Wildman–Crippen MR) is 77.5 cm³/mol. The number of nitrogens with zero attached hydrogens (tertiary/aromatic N) is 1. The number of hydrogen-bond donors (Lipinski definition) is 1. The van der Waals surface area contributed by atoms with Crippen molar-refractivity contribution in [3.63, 3.8) is 0 Å². The van der Waals surface area contributed by atoms with E-state index in [-0.39, 0.29) is 5.54 Å². The van der Waals surface area contributed by atoms with Gasteiger partial charge < -0.3 is 5.73 Å². The van der Waals surface area contributed by atoms with E-state index in [1.165, 1.54) is 37.2 Å². The van der Waals surface area contributed by atoms with E-state index < -0.39 is 0 Å². The summed E-state index contributed by atoms with van der Waals surface area (Å²) in [5.74, 6) is 4.23. The third-order valence-corrected chi connectivity index (χ3v) is 6.37. The van der Waals surface area contributed by atoms with Crippen molar-refractivity contribution < 1.29 is 0 Å². The summed E-state index contributed by atoms with van der Waals surface area (Å²) in [6, 6.07) is 0.760. The Hall–Kier alpha value is 0.270. The molecule has 100 valence electrons. The molecule has 3 heteroatoms. The van der Waals surface area contributed by atoms with E-state index >= 15 is 0 Å². The Kier molecular flexibility index (Phi) is 4.43. The van der Waals surface area contributed by atoms with Gasteiger partial charge in [-0.15, -0.1) is 0 Å². The summed E-state index contributed by atoms with van der Waals surface area (Å²) in [4.78, 5) is 2.66. The molecule has 0 bridgehead atoms. The Bertz CT molecular complexity index is 253. The normalized spacial score (nSPS) is 43.2. The first-order valence-corrected chi connectivity index (χ1v) is 8.26. The summed E-state index contributed by atoms with van der Waals surface area (Å²) in [6.07, 6.45) is 5.38. The largest absolute Gasteiger partial charge is 0.329 e. The lowest BCUT2D eigenvalue weighted by Gasteiger charge is -2.52. The van der Waals surface area contributed by atoms with Gasteiger partial charge in [0.15, 0.2) is 0 Å². The Balaban J connectivity index is 2.15. The molecule has 0 spiro atoms. The fourth-order valence-electron chi connectivity index (χ4n) is 3.82. The summed E-state index contributed by atoms with van der Waals surface area (Å²) >= 11 is 2.10. The van der Waals surface area contributed by atoms with Crippen LogP contribution in [0.5, 0.6) is 0 Å². The van der Waals surface area contributed by atoms with E-state index in [0.717, 1.165) is 24.4 Å². The van der Waals surface area contributed by atoms with Gasteiger partial charge in [-0.3, -0.25) is 4.90 Å². The molecule has 1 heterocycles. The second-order valence-electron chi connectivity index (χ2n) is 6.22. The van der Waals surface area contributed by atoms with E-state index in [1.54, 1.807) is 0 Å². The molecule has 1 aliphatic carbocycles. The minimum absolute atomic E-state index is 0.271. The summed E-state index contributed by atoms with van der Waals surface area (Å²) in [6.45, 7) is 5.64. The Morgan fingerprint density at radius 1 is 1.29 bits per heavy atom. The highest BCUT2D eigenvalue weighted by Crippen LogP contribution is 2.42. The van der Waals surface area contributed by atoms with Crippen molar-refractivity contribution in [2.75, 3.05) is 25.1 Å². The van der Waals surface area contributed by atoms with E-state index in [4.69, 9.17) is 5.73 Å². The summed E-state index contributed by atoms with van der Waals surface area (Å²) < 4.78 is 0. The fourth-order valence-corrected chi connectivity index (χ4v) is 5.09. The summed E-state index contributed by atoms with van der Waals surface area (Å²) in [5, 5.41) is 0. The highest BCUT2D eigenvalue weighted by Gasteiger charge is 2.45. The molecule has 0 aromatic carbocycles. The summed E-state index contributed by atoms with van der Waals surface area (Å²) in [7, 11) is 2.33. The maximum absolute atomic E-state index is 6.21. The molecule has 17 heavy (non-hydrogen) atoms. The molecule has 0 radical (unpaired) electrons. The monoisotopic (exact) mass is 256 g/mol. The Labute approximate surface area is 111 Å². The first kappa shape index (κ1) is 13.7. The maximum Gasteiger partial charge on any atom is 0.0359 e. The maximum atomic E-state index is 6.21. The molecule has 4 unspecified atom stereocenters. The van der Waals surface area contributed by atoms with E-state index in [0.29, 0.717) is 0 Å². The van der Waals surface area contributed by atoms with Crippen molar-refractivity contribution in [3.8, 4) is 0 Å². The minimum Gasteiger partial charge on any atom is -0.329 e. The average molecular weight is 256 g/mol. The quantitative estimate of drug-likeness (QED) is 0.841. The molecule has 2 nitrogen and oxygen atoms in total. The second-order valence-corrected chi connectivity index (χ2v) is 7.37. The van der Waals surface area contributed by atoms with Gasteiger partial charge in [0.2, 0.25) is 0 Å². The van der Waals surface area contributed by atoms with Crippen molar-refractivity contribution in [3.05, 3.63) is 0 Å². The molecule has 4 atom stereocenters. The number of hydrogen-bond acceptors (Lipinski definition) is 3. The van der Waals surface area contributed by atoms with Crippen LogP contribution >= 0.6 is 11.8 Å². The number of thioether (sulfide) groups is 1. The van der Waals surface area contributed by atoms with Crippen LogP contribution < -0.4 is 5.73 Å². The van der Waals surface area contributed by atoms with Crippen molar-refractivity contribution in [2.45, 2.75) is 51.1 Å². The van der Waals surface area contributed by atoms with Crippen LogP contribution in [0.25, 0.3) is 0 Å². The molecule has 2 N–H and O–H groups in total. The van der Waals surface area contributed by atoms with Gasteiger partial charge >= 0.3 is 0 Å². The second kappa shape index (κ2) is 5.50. The van der Waals surface area contributed by atoms with Crippen LogP contribution in [0.15, 0.2) is 0 Å². The standard InChI is InChI=1S/C14H28N2S/c1-11-4-5-12(2)14(8-11,10-15)16(3)13-6-7-17-9-13/h11-13H,4-10,15H2,1-3H3. The Morgan fingerprint density at radius 2 is 2.06 bits per heavy atom. The van der Waals surface area contributed by atoms with Gasteiger partial charge in [0.05, 0.1) is 0 Å². The predicted octanol–water partition coefficient (Wildman–Crippen LogP) is 2.58. The van der Waals surface area contributed by atoms with Gasteiger partial charge in [0, 0.05) is 23.9 Å². The topological polar surface area (TPSA) is 29.3 Å². The van der Waals surface area contributed by atoms with E-state index in [9.17, 15) is 0 Å². The highest BCUT2D eigenvalue weighted by molar-refractivity contribution is 7.99. The minimum atomic E-state index is 0.271. The van der Waals surface area contributed by atoms with E-state index in [1.807, 2.05) is 0 Å². The Morgan fingerprint density at radius 3 is 2.65 bits per heavy atom. The highest BCUT2D eigenvalue weighted by atomic mass is 32.2. The lowest BCUT2D eigenvalue weighted by molar-refractivity contribution is -0.00721. The molecule has 1 aliphatic heterocycles. The lowest BCUT2D eigenvalue weighted by Crippen LogP contribution is -2.61. The van der Waals surface area contributed by atoms with Crippen molar-refractivity contribution in [2.24, 2.45) is 17.6 Å². The van der Waals surface area contributed by atoms with Gasteiger partial charge in [-0.05, 0) is 43.9 Å². The van der Waals surface area contributed by atoms with Crippen molar-refractivity contribution in [1.29, 1.82) is 0 Å². The molecule has 2 aliphatic rings. The van der Waals surface area contributed by atoms with Crippen LogP contribution in [-0.2, 0) is 0 Å². The molecule has 1 saturated heterocycles. The molecule has 2 rings (SSSR count). The van der Waals surface area contributed by atoms with Gasteiger partial charge in [0.25, 0.3) is 0 Å². The van der Waals surface area contributed by atoms with Gasteiger partial charge in [-0.1, -0.05) is 20.3 Å². The number of rotatable bonds is 3. The van der Waals surface area contributed by atoms with Gasteiger partial charge in [0.1, 0.15) is 0 Å². The van der Waals surface area contributed by atoms with Gasteiger partial charge in [-0.2, -0.15) is 11.8 Å². The van der Waals surface area contributed by atoms with Crippen LogP contribution in [0.4, 0.5) is 0 Å². The summed E-state index contributed by atoms with van der Waals surface area (Å²) in [5.41, 5.74) is 6.48. The van der Waals surface area contributed by atoms with E-state index in [2.05, 4.69) is 37.6 Å². The SMILES string of the molecule is CC1CCC(C)C(CN)(N(C)C2CCSC2)C1. The fraction of sp³-hybridized carbons (Fsp3) is 1.00. The van der Waals surface area contributed by atoms with Crippen LogP contribution in [0.3, 0.4) is 0 Å². The molecule has 0 aromatic rings. The van der Waals surface area contributed by atoms with Crippen LogP contribution in [0, 0.1) is 11.8 Å². The zero-order chi connectivity index (χ0) is 12.5. The number of nitrogens with two attached hydrogens (primary N) is 1. The third-order valence-electron chi connectivity index (χ3n) is 5.22. The number of likely N-dealkylation sites (N-methyl/N-ethyl adjacent to an activating group) is 1. The van der Waals surface area contributed by atoms with Crippen LogP contribution in [0.1, 0.15) is 39.5 Å². The third kappa shape index (κ3) is 2.52. The molecule has 0 amide bonds. The first-order chi connectivity index (χ1) is 8.10. The van der Waals surface area contributed by atoms with Crippen LogP contribution in [0.2, 0.25) is 0 Å². The van der Waals surface area contributed by atoms with Crippen molar-refractivity contribution in [1.82, 2.24) is 4.90 Å². The first-order valence-electron chi connectivity index (χ1n) is 7.11. The zero-order valence-corrected chi connectivity index (χ0v) is 12.4. The molecule has 0 aromatic heterocycles. The smallest absolute Gasteiger partial charge is 0.0359 e. The van der Waals surface area contributed by atoms with Crippen LogP contribution in [-0.4, -0.2) is 41.6 Å². The van der Waals surface area contributed by atoms with Crippen molar-refractivity contribution >= 4 is 11.8 Å². The zero-order valence-electron chi connectivity index (χ0n) is 11.6.